The maximum atomic E-state index is 12.9. The number of methoxy groups -OCH3 is 1. The maximum Gasteiger partial charge on any atom is 0.243 e. The molecule has 0 saturated carbocycles. The van der Waals surface area contributed by atoms with Gasteiger partial charge in [-0.25, -0.2) is 8.42 Å². The van der Waals surface area contributed by atoms with Gasteiger partial charge in [0.25, 0.3) is 0 Å². The van der Waals surface area contributed by atoms with Crippen LogP contribution in [0.4, 0.5) is 0 Å². The number of pyridine rings is 1. The second-order valence-electron chi connectivity index (χ2n) is 6.48. The van der Waals surface area contributed by atoms with Crippen LogP contribution in [0.3, 0.4) is 0 Å². The van der Waals surface area contributed by atoms with Gasteiger partial charge in [0.2, 0.25) is 10.0 Å². The molecule has 3 aromatic rings. The van der Waals surface area contributed by atoms with Crippen molar-refractivity contribution in [2.24, 2.45) is 0 Å². The van der Waals surface area contributed by atoms with Gasteiger partial charge in [-0.05, 0) is 42.1 Å². The minimum Gasteiger partial charge on any atom is -0.497 e. The van der Waals surface area contributed by atoms with Crippen LogP contribution in [0.25, 0.3) is 10.8 Å². The quantitative estimate of drug-likeness (QED) is 0.708. The largest absolute Gasteiger partial charge is 0.497 e. The lowest BCUT2D eigenvalue weighted by molar-refractivity contribution is 0.414. The van der Waals surface area contributed by atoms with Crippen molar-refractivity contribution in [3.05, 3.63) is 66.5 Å². The van der Waals surface area contributed by atoms with E-state index in [0.29, 0.717) is 23.7 Å². The van der Waals surface area contributed by atoms with E-state index in [1.165, 1.54) is 0 Å². The Bertz CT molecular complexity index is 1030. The molecule has 134 valence electrons. The minimum absolute atomic E-state index is 0.118. The van der Waals surface area contributed by atoms with Crippen LogP contribution in [0, 0.1) is 0 Å². The number of hydrogen-bond acceptors (Lipinski definition) is 4. The van der Waals surface area contributed by atoms with Crippen LogP contribution in [0.2, 0.25) is 0 Å². The number of hydrogen-bond donors (Lipinski definition) is 0. The Balaban J connectivity index is 1.56. The van der Waals surface area contributed by atoms with Gasteiger partial charge in [-0.1, -0.05) is 24.3 Å². The highest BCUT2D eigenvalue weighted by Gasteiger charge is 2.33. The SMILES string of the molecule is COc1ccc(S(=O)(=O)N2CCC(c3cc4ccccc4cn3)C2)cc1. The van der Waals surface area contributed by atoms with Crippen LogP contribution in [0.1, 0.15) is 18.0 Å². The summed E-state index contributed by atoms with van der Waals surface area (Å²) in [6.45, 7) is 0.966. The van der Waals surface area contributed by atoms with Gasteiger partial charge in [0.1, 0.15) is 5.75 Å². The van der Waals surface area contributed by atoms with E-state index in [1.807, 2.05) is 24.4 Å². The molecule has 1 fully saturated rings. The van der Waals surface area contributed by atoms with Gasteiger partial charge in [-0.15, -0.1) is 0 Å². The van der Waals surface area contributed by atoms with Gasteiger partial charge in [-0.3, -0.25) is 4.98 Å². The zero-order chi connectivity index (χ0) is 18.1. The van der Waals surface area contributed by atoms with E-state index >= 15 is 0 Å². The Morgan fingerprint density at radius 1 is 1.08 bits per heavy atom. The summed E-state index contributed by atoms with van der Waals surface area (Å²) in [4.78, 5) is 4.86. The Labute approximate surface area is 153 Å². The summed E-state index contributed by atoms with van der Waals surface area (Å²) in [7, 11) is -1.94. The molecular weight excluding hydrogens is 348 g/mol. The fourth-order valence-electron chi connectivity index (χ4n) is 3.41. The van der Waals surface area contributed by atoms with Crippen LogP contribution < -0.4 is 4.74 Å². The molecule has 0 spiro atoms. The average Bonchev–Trinajstić information content (AvgIpc) is 3.19. The van der Waals surface area contributed by atoms with Crippen LogP contribution >= 0.6 is 0 Å². The highest BCUT2D eigenvalue weighted by atomic mass is 32.2. The summed E-state index contributed by atoms with van der Waals surface area (Å²) in [5.41, 5.74) is 0.955. The van der Waals surface area contributed by atoms with Gasteiger partial charge < -0.3 is 4.74 Å². The molecule has 1 atom stereocenters. The highest BCUT2D eigenvalue weighted by molar-refractivity contribution is 7.89. The number of ether oxygens (including phenoxy) is 1. The molecule has 1 aromatic heterocycles. The number of benzene rings is 2. The van der Waals surface area contributed by atoms with Gasteiger partial charge >= 0.3 is 0 Å². The molecular formula is C20H20N2O3S. The second kappa shape index (κ2) is 6.70. The second-order valence-corrected chi connectivity index (χ2v) is 8.42. The fraction of sp³-hybridized carbons (Fsp3) is 0.250. The van der Waals surface area contributed by atoms with Crippen molar-refractivity contribution in [2.45, 2.75) is 17.2 Å². The number of rotatable bonds is 4. The Morgan fingerprint density at radius 2 is 1.81 bits per heavy atom. The normalized spacial score (nSPS) is 18.3. The van der Waals surface area contributed by atoms with E-state index in [9.17, 15) is 8.42 Å². The minimum atomic E-state index is -3.50. The smallest absolute Gasteiger partial charge is 0.243 e. The van der Waals surface area contributed by atoms with Crippen molar-refractivity contribution in [3.8, 4) is 5.75 Å². The van der Waals surface area contributed by atoms with E-state index < -0.39 is 10.0 Å². The summed E-state index contributed by atoms with van der Waals surface area (Å²) < 4.78 is 32.4. The van der Waals surface area contributed by atoms with Crippen LogP contribution in [0.5, 0.6) is 5.75 Å². The predicted molar refractivity (Wildman–Crippen MR) is 101 cm³/mol. The van der Waals surface area contributed by atoms with Crippen molar-refractivity contribution in [2.75, 3.05) is 20.2 Å². The lowest BCUT2D eigenvalue weighted by atomic mass is 10.0. The van der Waals surface area contributed by atoms with Gasteiger partial charge in [-0.2, -0.15) is 4.31 Å². The van der Waals surface area contributed by atoms with Gasteiger partial charge in [0.15, 0.2) is 0 Å². The molecule has 5 nitrogen and oxygen atoms in total. The molecule has 0 radical (unpaired) electrons. The number of fused-ring (bicyclic) bond motifs is 1. The summed E-state index contributed by atoms with van der Waals surface area (Å²) in [5, 5.41) is 2.23. The monoisotopic (exact) mass is 368 g/mol. The fourth-order valence-corrected chi connectivity index (χ4v) is 4.91. The topological polar surface area (TPSA) is 59.5 Å². The third kappa shape index (κ3) is 3.06. The van der Waals surface area contributed by atoms with E-state index in [2.05, 4.69) is 17.1 Å². The Kier molecular flexibility index (Phi) is 4.38. The molecule has 6 heteroatoms. The molecule has 2 aromatic carbocycles. The zero-order valence-electron chi connectivity index (χ0n) is 14.5. The average molecular weight is 368 g/mol. The maximum absolute atomic E-state index is 12.9. The van der Waals surface area contributed by atoms with Crippen molar-refractivity contribution in [1.82, 2.24) is 9.29 Å². The molecule has 26 heavy (non-hydrogen) atoms. The number of nitrogens with zero attached hydrogens (tertiary/aromatic N) is 2. The van der Waals surface area contributed by atoms with Crippen molar-refractivity contribution >= 4 is 20.8 Å². The molecule has 2 heterocycles. The molecule has 0 amide bonds. The molecule has 1 unspecified atom stereocenters. The molecule has 1 aliphatic rings. The highest BCUT2D eigenvalue weighted by Crippen LogP contribution is 2.31. The molecule has 4 rings (SSSR count). The van der Waals surface area contributed by atoms with Gasteiger partial charge in [0.05, 0.1) is 12.0 Å². The predicted octanol–water partition coefficient (Wildman–Crippen LogP) is 3.42. The molecule has 0 N–H and O–H groups in total. The first-order chi connectivity index (χ1) is 12.6. The lowest BCUT2D eigenvalue weighted by Crippen LogP contribution is -2.28. The van der Waals surface area contributed by atoms with Crippen molar-refractivity contribution < 1.29 is 13.2 Å². The Hall–Kier alpha value is -2.44. The van der Waals surface area contributed by atoms with E-state index in [1.54, 1.807) is 35.7 Å². The van der Waals surface area contributed by atoms with Gasteiger partial charge in [0, 0.05) is 36.3 Å². The first-order valence-corrected chi connectivity index (χ1v) is 10.0. The molecule has 0 aliphatic carbocycles. The first-order valence-electron chi connectivity index (χ1n) is 8.57. The number of sulfonamides is 1. The molecule has 1 aliphatic heterocycles. The van der Waals surface area contributed by atoms with Crippen LogP contribution in [0.15, 0.2) is 65.7 Å². The van der Waals surface area contributed by atoms with E-state index in [0.717, 1.165) is 22.9 Å². The van der Waals surface area contributed by atoms with E-state index in [4.69, 9.17) is 4.74 Å². The summed E-state index contributed by atoms with van der Waals surface area (Å²) in [6.07, 6.45) is 2.64. The summed E-state index contributed by atoms with van der Waals surface area (Å²) in [5.74, 6) is 0.760. The third-order valence-corrected chi connectivity index (χ3v) is 6.80. The van der Waals surface area contributed by atoms with Crippen LogP contribution in [-0.4, -0.2) is 37.9 Å². The zero-order valence-corrected chi connectivity index (χ0v) is 15.3. The molecule has 1 saturated heterocycles. The molecule has 0 bridgehead atoms. The summed E-state index contributed by atoms with van der Waals surface area (Å²) >= 11 is 0. The lowest BCUT2D eigenvalue weighted by Gasteiger charge is -2.17. The van der Waals surface area contributed by atoms with Crippen molar-refractivity contribution in [1.29, 1.82) is 0 Å². The summed E-state index contributed by atoms with van der Waals surface area (Å²) in [6, 6.07) is 16.7. The third-order valence-electron chi connectivity index (χ3n) is 4.92. The number of aromatic nitrogens is 1. The van der Waals surface area contributed by atoms with Crippen LogP contribution in [-0.2, 0) is 10.0 Å². The van der Waals surface area contributed by atoms with E-state index in [-0.39, 0.29) is 5.92 Å². The Morgan fingerprint density at radius 3 is 2.54 bits per heavy atom. The first kappa shape index (κ1) is 17.0. The standard InChI is InChI=1S/C20H20N2O3S/c1-25-18-6-8-19(9-7-18)26(23,24)22-11-10-17(14-22)20-12-15-4-2-3-5-16(15)13-21-20/h2-9,12-13,17H,10-11,14H2,1H3. The van der Waals surface area contributed by atoms with Crippen molar-refractivity contribution in [3.63, 3.8) is 0 Å².